The summed E-state index contributed by atoms with van der Waals surface area (Å²) in [6, 6.07) is 10.4. The number of amides is 2. The third-order valence-corrected chi connectivity index (χ3v) is 3.71. The lowest BCUT2D eigenvalue weighted by molar-refractivity contribution is -0.384. The van der Waals surface area contributed by atoms with Gasteiger partial charge in [0.2, 0.25) is 0 Å². The average molecular weight is 395 g/mol. The predicted octanol–water partition coefficient (Wildman–Crippen LogP) is 2.67. The van der Waals surface area contributed by atoms with Gasteiger partial charge in [-0.05, 0) is 17.7 Å². The Hall–Kier alpha value is -2.97. The molecule has 0 atom stereocenters. The van der Waals surface area contributed by atoms with Crippen LogP contribution in [-0.2, 0) is 16.1 Å². The number of carbonyl (C=O) groups is 2. The van der Waals surface area contributed by atoms with Gasteiger partial charge in [0, 0.05) is 34.3 Å². The number of rotatable bonds is 5. The Morgan fingerprint density at radius 2 is 1.92 bits per heavy atom. The lowest BCUT2D eigenvalue weighted by Gasteiger charge is -2.06. The van der Waals surface area contributed by atoms with Crippen LogP contribution in [0.5, 0.6) is 0 Å². The Morgan fingerprint density at radius 3 is 2.62 bits per heavy atom. The number of hydrogen-bond donors (Lipinski definition) is 2. The molecule has 8 nitrogen and oxygen atoms in total. The van der Waals surface area contributed by atoms with Crippen LogP contribution in [0, 0.1) is 10.1 Å². The quantitative estimate of drug-likeness (QED) is 0.351. The van der Waals surface area contributed by atoms with Crippen LogP contribution in [0.1, 0.15) is 11.1 Å². The molecule has 0 saturated heterocycles. The number of nitrogens with one attached hydrogen (secondary N) is 2. The Morgan fingerprint density at radius 1 is 1.15 bits per heavy atom. The van der Waals surface area contributed by atoms with Gasteiger partial charge in [-0.3, -0.25) is 19.7 Å². The van der Waals surface area contributed by atoms with Crippen LogP contribution >= 0.6 is 23.2 Å². The van der Waals surface area contributed by atoms with E-state index in [0.717, 1.165) is 0 Å². The van der Waals surface area contributed by atoms with E-state index in [9.17, 15) is 19.7 Å². The van der Waals surface area contributed by atoms with E-state index in [1.165, 1.54) is 30.5 Å². The van der Waals surface area contributed by atoms with Crippen molar-refractivity contribution in [2.24, 2.45) is 5.10 Å². The fourth-order valence-corrected chi connectivity index (χ4v) is 2.33. The summed E-state index contributed by atoms with van der Waals surface area (Å²) in [6.07, 6.45) is 1.19. The SMILES string of the molecule is O=C(NCc1ccc(Cl)cc1Cl)C(=O)NN=Cc1cccc([N+](=O)[O-])c1. The van der Waals surface area contributed by atoms with E-state index < -0.39 is 16.7 Å². The molecular formula is C16H12Cl2N4O4. The molecule has 0 heterocycles. The Balaban J connectivity index is 1.88. The third kappa shape index (κ3) is 5.54. The standard InChI is InChI=1S/C16H12Cl2N4O4/c17-12-5-4-11(14(18)7-12)9-19-15(23)16(24)21-20-8-10-2-1-3-13(6-10)22(25)26/h1-8H,9H2,(H,19,23)(H,21,24). The van der Waals surface area contributed by atoms with E-state index in [1.54, 1.807) is 18.2 Å². The first-order valence-electron chi connectivity index (χ1n) is 7.16. The molecule has 0 aromatic heterocycles. The summed E-state index contributed by atoms with van der Waals surface area (Å²) < 4.78 is 0. The first kappa shape index (κ1) is 19.4. The number of hydrogen-bond acceptors (Lipinski definition) is 5. The second kappa shape index (κ2) is 8.93. The number of hydrazone groups is 1. The molecule has 0 aliphatic rings. The zero-order valence-corrected chi connectivity index (χ0v) is 14.6. The summed E-state index contributed by atoms with van der Waals surface area (Å²) in [5.74, 6) is -1.90. The normalized spacial score (nSPS) is 10.5. The summed E-state index contributed by atoms with van der Waals surface area (Å²) in [6.45, 7) is 0.0385. The molecule has 0 spiro atoms. The zero-order valence-electron chi connectivity index (χ0n) is 13.1. The lowest BCUT2D eigenvalue weighted by atomic mass is 10.2. The second-order valence-corrected chi connectivity index (χ2v) is 5.81. The lowest BCUT2D eigenvalue weighted by Crippen LogP contribution is -2.37. The molecule has 10 heteroatoms. The van der Waals surface area contributed by atoms with Gasteiger partial charge in [-0.25, -0.2) is 5.43 Å². The van der Waals surface area contributed by atoms with Gasteiger partial charge in [0.15, 0.2) is 0 Å². The molecule has 2 aromatic carbocycles. The van der Waals surface area contributed by atoms with E-state index in [2.05, 4.69) is 10.4 Å². The van der Waals surface area contributed by atoms with Crippen molar-refractivity contribution < 1.29 is 14.5 Å². The van der Waals surface area contributed by atoms with Crippen molar-refractivity contribution in [2.45, 2.75) is 6.54 Å². The monoisotopic (exact) mass is 394 g/mol. The van der Waals surface area contributed by atoms with Crippen LogP contribution in [0.2, 0.25) is 10.0 Å². The van der Waals surface area contributed by atoms with Crippen LogP contribution < -0.4 is 10.7 Å². The largest absolute Gasteiger partial charge is 0.344 e. The summed E-state index contributed by atoms with van der Waals surface area (Å²) in [4.78, 5) is 33.5. The molecule has 0 unspecified atom stereocenters. The number of halogens is 2. The predicted molar refractivity (Wildman–Crippen MR) is 97.1 cm³/mol. The van der Waals surface area contributed by atoms with Crippen LogP contribution in [0.25, 0.3) is 0 Å². The average Bonchev–Trinajstić information content (AvgIpc) is 2.60. The molecule has 2 aromatic rings. The molecule has 2 N–H and O–H groups in total. The number of carbonyl (C=O) groups excluding carboxylic acids is 2. The Labute approximate surface area is 157 Å². The number of benzene rings is 2. The van der Waals surface area contributed by atoms with E-state index >= 15 is 0 Å². The van der Waals surface area contributed by atoms with Crippen LogP contribution in [-0.4, -0.2) is 23.0 Å². The Kier molecular flexibility index (Phi) is 6.65. The van der Waals surface area contributed by atoms with Gasteiger partial charge in [-0.1, -0.05) is 41.4 Å². The van der Waals surface area contributed by atoms with Crippen molar-refractivity contribution in [1.82, 2.24) is 10.7 Å². The number of non-ortho nitro benzene ring substituents is 1. The maximum atomic E-state index is 11.7. The molecular weight excluding hydrogens is 383 g/mol. The van der Waals surface area contributed by atoms with Gasteiger partial charge >= 0.3 is 11.8 Å². The van der Waals surface area contributed by atoms with Gasteiger partial charge in [0.25, 0.3) is 5.69 Å². The molecule has 0 saturated carbocycles. The first-order chi connectivity index (χ1) is 12.4. The van der Waals surface area contributed by atoms with Gasteiger partial charge in [-0.2, -0.15) is 5.10 Å². The van der Waals surface area contributed by atoms with Crippen LogP contribution in [0.15, 0.2) is 47.6 Å². The fraction of sp³-hybridized carbons (Fsp3) is 0.0625. The molecule has 0 radical (unpaired) electrons. The third-order valence-electron chi connectivity index (χ3n) is 3.12. The molecule has 26 heavy (non-hydrogen) atoms. The highest BCUT2D eigenvalue weighted by Gasteiger charge is 2.13. The van der Waals surface area contributed by atoms with E-state index in [1.807, 2.05) is 5.43 Å². The minimum Gasteiger partial charge on any atom is -0.344 e. The van der Waals surface area contributed by atoms with Gasteiger partial charge in [0.05, 0.1) is 11.1 Å². The fourth-order valence-electron chi connectivity index (χ4n) is 1.86. The van der Waals surface area contributed by atoms with Crippen molar-refractivity contribution in [3.8, 4) is 0 Å². The van der Waals surface area contributed by atoms with Crippen molar-refractivity contribution in [3.05, 3.63) is 73.8 Å². The molecule has 134 valence electrons. The minimum atomic E-state index is -0.989. The summed E-state index contributed by atoms with van der Waals surface area (Å²) in [5, 5.41) is 17.5. The maximum absolute atomic E-state index is 11.7. The second-order valence-electron chi connectivity index (χ2n) is 4.97. The van der Waals surface area contributed by atoms with Crippen molar-refractivity contribution >= 4 is 46.9 Å². The van der Waals surface area contributed by atoms with Gasteiger partial charge in [-0.15, -0.1) is 0 Å². The van der Waals surface area contributed by atoms with Crippen LogP contribution in [0.4, 0.5) is 5.69 Å². The Bertz CT molecular complexity index is 886. The number of nitrogens with zero attached hydrogens (tertiary/aromatic N) is 2. The van der Waals surface area contributed by atoms with Crippen molar-refractivity contribution in [2.75, 3.05) is 0 Å². The highest BCUT2D eigenvalue weighted by molar-refractivity contribution is 6.36. The highest BCUT2D eigenvalue weighted by atomic mass is 35.5. The summed E-state index contributed by atoms with van der Waals surface area (Å²) >= 11 is 11.7. The number of nitro groups is 1. The summed E-state index contributed by atoms with van der Waals surface area (Å²) in [5.41, 5.74) is 2.91. The molecule has 0 bridgehead atoms. The smallest absolute Gasteiger partial charge is 0.329 e. The topological polar surface area (TPSA) is 114 Å². The molecule has 0 aliphatic carbocycles. The molecule has 2 rings (SSSR count). The maximum Gasteiger partial charge on any atom is 0.329 e. The van der Waals surface area contributed by atoms with E-state index in [4.69, 9.17) is 23.2 Å². The highest BCUT2D eigenvalue weighted by Crippen LogP contribution is 2.20. The molecule has 0 aliphatic heterocycles. The van der Waals surface area contributed by atoms with Gasteiger partial charge in [0.1, 0.15) is 0 Å². The van der Waals surface area contributed by atoms with Crippen molar-refractivity contribution in [1.29, 1.82) is 0 Å². The van der Waals surface area contributed by atoms with E-state index in [-0.39, 0.29) is 12.2 Å². The first-order valence-corrected chi connectivity index (χ1v) is 7.92. The van der Waals surface area contributed by atoms with Crippen molar-refractivity contribution in [3.63, 3.8) is 0 Å². The minimum absolute atomic E-state index is 0.0385. The van der Waals surface area contributed by atoms with E-state index in [0.29, 0.717) is 21.2 Å². The molecule has 2 amide bonds. The zero-order chi connectivity index (χ0) is 19.1. The number of nitro benzene ring substituents is 1. The van der Waals surface area contributed by atoms with Crippen LogP contribution in [0.3, 0.4) is 0 Å². The summed E-state index contributed by atoms with van der Waals surface area (Å²) in [7, 11) is 0. The molecule has 0 fully saturated rings. The van der Waals surface area contributed by atoms with Gasteiger partial charge < -0.3 is 5.32 Å².